The maximum Gasteiger partial charge on any atom is 0.351 e. The fraction of sp³-hybridized carbons (Fsp3) is 0.556. The molecule has 1 aromatic heterocycles. The number of aliphatic hydroxyl groups is 1. The van der Waals surface area contributed by atoms with Crippen LogP contribution < -0.4 is 11.4 Å². The van der Waals surface area contributed by atoms with Gasteiger partial charge in [-0.2, -0.15) is 4.98 Å². The number of nitrogen functional groups attached to an aromatic ring is 1. The van der Waals surface area contributed by atoms with Crippen molar-refractivity contribution in [1.82, 2.24) is 9.55 Å². The largest absolute Gasteiger partial charge is 0.394 e. The first-order valence-electron chi connectivity index (χ1n) is 4.89. The third kappa shape index (κ3) is 2.21. The number of ether oxygens (including phenoxy) is 2. The summed E-state index contributed by atoms with van der Waals surface area (Å²) in [6, 6.07) is 1.52. The summed E-state index contributed by atoms with van der Waals surface area (Å²) in [5.41, 5.74) is 4.90. The molecule has 0 saturated carbocycles. The Morgan fingerprint density at radius 1 is 1.56 bits per heavy atom. The summed E-state index contributed by atoms with van der Waals surface area (Å²) in [4.78, 5) is 15.1. The van der Waals surface area contributed by atoms with Crippen LogP contribution >= 0.6 is 0 Å². The van der Waals surface area contributed by atoms with Crippen molar-refractivity contribution in [2.24, 2.45) is 0 Å². The van der Waals surface area contributed by atoms with E-state index < -0.39 is 11.9 Å². The van der Waals surface area contributed by atoms with E-state index in [1.807, 2.05) is 0 Å². The number of aromatic nitrogens is 2. The lowest BCUT2D eigenvalue weighted by Gasteiger charge is -2.29. The second-order valence-electron chi connectivity index (χ2n) is 3.47. The summed E-state index contributed by atoms with van der Waals surface area (Å²) in [5, 5.41) is 8.84. The maximum atomic E-state index is 11.5. The van der Waals surface area contributed by atoms with Crippen LogP contribution in [0.5, 0.6) is 0 Å². The Morgan fingerprint density at radius 3 is 2.94 bits per heavy atom. The molecular weight excluding hydrogens is 214 g/mol. The number of anilines is 1. The van der Waals surface area contributed by atoms with Crippen LogP contribution in [0.1, 0.15) is 6.23 Å². The Kier molecular flexibility index (Phi) is 3.18. The molecule has 0 radical (unpaired) electrons. The zero-order valence-corrected chi connectivity index (χ0v) is 8.57. The molecule has 1 saturated heterocycles. The second kappa shape index (κ2) is 4.60. The molecule has 2 heterocycles. The van der Waals surface area contributed by atoms with Crippen LogP contribution in [0.25, 0.3) is 0 Å². The monoisotopic (exact) mass is 227 g/mol. The minimum Gasteiger partial charge on any atom is -0.394 e. The van der Waals surface area contributed by atoms with Crippen molar-refractivity contribution in [3.05, 3.63) is 22.7 Å². The fourth-order valence-corrected chi connectivity index (χ4v) is 1.44. The van der Waals surface area contributed by atoms with E-state index in [0.29, 0.717) is 0 Å². The number of aliphatic hydroxyl groups excluding tert-OH is 1. The maximum absolute atomic E-state index is 11.5. The van der Waals surface area contributed by atoms with Gasteiger partial charge >= 0.3 is 5.69 Å². The summed E-state index contributed by atoms with van der Waals surface area (Å²) < 4.78 is 12.0. The minimum absolute atomic E-state index is 0.0956. The molecule has 1 fully saturated rings. The van der Waals surface area contributed by atoms with Gasteiger partial charge in [-0.3, -0.25) is 4.57 Å². The van der Waals surface area contributed by atoms with E-state index in [0.717, 1.165) is 0 Å². The first-order chi connectivity index (χ1) is 7.70. The van der Waals surface area contributed by atoms with Gasteiger partial charge in [0.2, 0.25) is 0 Å². The van der Waals surface area contributed by atoms with Crippen molar-refractivity contribution >= 4 is 5.82 Å². The first kappa shape index (κ1) is 11.1. The van der Waals surface area contributed by atoms with E-state index >= 15 is 0 Å². The fourth-order valence-electron chi connectivity index (χ4n) is 1.44. The predicted molar refractivity (Wildman–Crippen MR) is 54.7 cm³/mol. The van der Waals surface area contributed by atoms with Crippen molar-refractivity contribution in [3.8, 4) is 0 Å². The molecule has 1 aromatic rings. The van der Waals surface area contributed by atoms with Crippen LogP contribution in [0, 0.1) is 0 Å². The zero-order valence-electron chi connectivity index (χ0n) is 8.57. The van der Waals surface area contributed by atoms with Gasteiger partial charge in [-0.25, -0.2) is 4.79 Å². The Hall–Kier alpha value is -1.44. The van der Waals surface area contributed by atoms with E-state index in [1.54, 1.807) is 0 Å². The average Bonchev–Trinajstić information content (AvgIpc) is 2.29. The van der Waals surface area contributed by atoms with Crippen molar-refractivity contribution in [3.63, 3.8) is 0 Å². The summed E-state index contributed by atoms with van der Waals surface area (Å²) in [6.45, 7) is 0.357. The van der Waals surface area contributed by atoms with E-state index in [1.165, 1.54) is 16.8 Å². The highest BCUT2D eigenvalue weighted by atomic mass is 16.6. The Balaban J connectivity index is 2.11. The van der Waals surface area contributed by atoms with Crippen molar-refractivity contribution < 1.29 is 14.6 Å². The SMILES string of the molecule is Nc1ccn(C2COC(CO)CO2)c(=O)n1. The van der Waals surface area contributed by atoms with E-state index in [9.17, 15) is 4.79 Å². The van der Waals surface area contributed by atoms with Gasteiger partial charge in [0, 0.05) is 6.20 Å². The van der Waals surface area contributed by atoms with Gasteiger partial charge in [-0.05, 0) is 6.07 Å². The number of nitrogens with two attached hydrogens (primary N) is 1. The van der Waals surface area contributed by atoms with Gasteiger partial charge in [0.15, 0.2) is 6.23 Å². The van der Waals surface area contributed by atoms with Crippen LogP contribution in [0.4, 0.5) is 5.82 Å². The van der Waals surface area contributed by atoms with Gasteiger partial charge in [-0.15, -0.1) is 0 Å². The highest BCUT2D eigenvalue weighted by Crippen LogP contribution is 2.14. The van der Waals surface area contributed by atoms with E-state index in [4.69, 9.17) is 20.3 Å². The molecule has 0 spiro atoms. The molecule has 2 unspecified atom stereocenters. The standard InChI is InChI=1S/C9H13N3O4/c10-7-1-2-12(9(14)11-7)8-5-15-6(3-13)4-16-8/h1-2,6,8,13H,3-5H2,(H2,10,11,14). The molecule has 16 heavy (non-hydrogen) atoms. The smallest absolute Gasteiger partial charge is 0.351 e. The lowest BCUT2D eigenvalue weighted by molar-refractivity contribution is -0.172. The molecule has 2 atom stereocenters. The molecule has 2 rings (SSSR count). The van der Waals surface area contributed by atoms with Gasteiger partial charge in [0.25, 0.3) is 0 Å². The summed E-state index contributed by atoms with van der Waals surface area (Å²) in [5.74, 6) is 0.172. The molecule has 0 bridgehead atoms. The van der Waals surface area contributed by atoms with Crippen molar-refractivity contribution in [2.45, 2.75) is 12.3 Å². The molecule has 88 valence electrons. The predicted octanol–water partition coefficient (Wildman–Crippen LogP) is -1.27. The van der Waals surface area contributed by atoms with Gasteiger partial charge in [0.1, 0.15) is 11.9 Å². The topological polar surface area (TPSA) is 99.6 Å². The second-order valence-corrected chi connectivity index (χ2v) is 3.47. The number of hydrogen-bond donors (Lipinski definition) is 2. The highest BCUT2D eigenvalue weighted by Gasteiger charge is 2.23. The summed E-state index contributed by atoms with van der Waals surface area (Å²) in [6.07, 6.45) is 0.676. The van der Waals surface area contributed by atoms with Crippen LogP contribution in [0.15, 0.2) is 17.1 Å². The molecule has 0 aliphatic carbocycles. The molecular formula is C9H13N3O4. The average molecular weight is 227 g/mol. The lowest BCUT2D eigenvalue weighted by atomic mass is 10.3. The van der Waals surface area contributed by atoms with Crippen LogP contribution in [0.3, 0.4) is 0 Å². The van der Waals surface area contributed by atoms with E-state index in [2.05, 4.69) is 4.98 Å². The van der Waals surface area contributed by atoms with Crippen molar-refractivity contribution in [1.29, 1.82) is 0 Å². The molecule has 7 nitrogen and oxygen atoms in total. The lowest BCUT2D eigenvalue weighted by Crippen LogP contribution is -2.39. The van der Waals surface area contributed by atoms with E-state index in [-0.39, 0.29) is 31.7 Å². The third-order valence-corrected chi connectivity index (χ3v) is 2.31. The van der Waals surface area contributed by atoms with Gasteiger partial charge in [0.05, 0.1) is 19.8 Å². The molecule has 1 aliphatic heterocycles. The molecule has 0 amide bonds. The molecule has 1 aliphatic rings. The van der Waals surface area contributed by atoms with Crippen LogP contribution in [0.2, 0.25) is 0 Å². The number of rotatable bonds is 2. The highest BCUT2D eigenvalue weighted by molar-refractivity contribution is 5.23. The van der Waals surface area contributed by atoms with Crippen LogP contribution in [-0.4, -0.2) is 40.6 Å². The van der Waals surface area contributed by atoms with Crippen molar-refractivity contribution in [2.75, 3.05) is 25.6 Å². The normalized spacial score (nSPS) is 25.6. The number of nitrogens with zero attached hydrogens (tertiary/aromatic N) is 2. The molecule has 7 heteroatoms. The zero-order chi connectivity index (χ0) is 11.5. The quantitative estimate of drug-likeness (QED) is 0.653. The Labute approximate surface area is 91.4 Å². The van der Waals surface area contributed by atoms with Gasteiger partial charge < -0.3 is 20.3 Å². The first-order valence-corrected chi connectivity index (χ1v) is 4.89. The van der Waals surface area contributed by atoms with Gasteiger partial charge in [-0.1, -0.05) is 0 Å². The third-order valence-electron chi connectivity index (χ3n) is 2.31. The summed E-state index contributed by atoms with van der Waals surface area (Å²) in [7, 11) is 0. The Morgan fingerprint density at radius 2 is 2.38 bits per heavy atom. The summed E-state index contributed by atoms with van der Waals surface area (Å²) >= 11 is 0. The molecule has 0 aromatic carbocycles. The minimum atomic E-state index is -0.511. The van der Waals surface area contributed by atoms with Crippen LogP contribution in [-0.2, 0) is 9.47 Å². The Bertz CT molecular complexity index is 411. The molecule has 3 N–H and O–H groups in total. The number of hydrogen-bond acceptors (Lipinski definition) is 6.